The number of aryl methyl sites for hydroxylation is 2. The van der Waals surface area contributed by atoms with Crippen molar-refractivity contribution in [3.63, 3.8) is 0 Å². The minimum Gasteiger partial charge on any atom is -0.504 e. The van der Waals surface area contributed by atoms with Crippen LogP contribution in [-0.2, 0) is 0 Å². The van der Waals surface area contributed by atoms with E-state index in [2.05, 4.69) is 0 Å². The monoisotopic (exact) mass is 244 g/mol. The van der Waals surface area contributed by atoms with E-state index in [9.17, 15) is 15.3 Å². The second-order valence-electron chi connectivity index (χ2n) is 4.56. The molecule has 0 saturated carbocycles. The van der Waals surface area contributed by atoms with Gasteiger partial charge in [-0.25, -0.2) is 0 Å². The molecule has 0 unspecified atom stereocenters. The van der Waals surface area contributed by atoms with Crippen LogP contribution in [0.2, 0.25) is 0 Å². The lowest BCUT2D eigenvalue weighted by Gasteiger charge is -2.12. The highest BCUT2D eigenvalue weighted by atomic mass is 16.3. The van der Waals surface area contributed by atoms with Crippen molar-refractivity contribution in [1.82, 2.24) is 0 Å². The van der Waals surface area contributed by atoms with Gasteiger partial charge in [-0.1, -0.05) is 18.2 Å². The maximum Gasteiger partial charge on any atom is 0.200 e. The standard InChI is InChI=1S/C15H16O3/c1-8-4-5-11(6-9(8)2)12-7-13(16)15(18)14(17)10(12)3/h4-7,16-18H,1-3H3. The molecule has 94 valence electrons. The zero-order valence-corrected chi connectivity index (χ0v) is 10.7. The molecule has 0 atom stereocenters. The Bertz CT molecular complexity index is 616. The van der Waals surface area contributed by atoms with Crippen LogP contribution in [0.15, 0.2) is 24.3 Å². The van der Waals surface area contributed by atoms with E-state index >= 15 is 0 Å². The predicted octanol–water partition coefficient (Wildman–Crippen LogP) is 3.40. The summed E-state index contributed by atoms with van der Waals surface area (Å²) >= 11 is 0. The van der Waals surface area contributed by atoms with E-state index in [1.807, 2.05) is 32.0 Å². The number of rotatable bonds is 1. The molecular formula is C15H16O3. The van der Waals surface area contributed by atoms with Gasteiger partial charge in [-0.3, -0.25) is 0 Å². The summed E-state index contributed by atoms with van der Waals surface area (Å²) in [5, 5.41) is 28.8. The molecule has 0 bridgehead atoms. The fraction of sp³-hybridized carbons (Fsp3) is 0.200. The molecule has 2 aromatic carbocycles. The second kappa shape index (κ2) is 4.26. The van der Waals surface area contributed by atoms with Gasteiger partial charge < -0.3 is 15.3 Å². The average Bonchev–Trinajstić information content (AvgIpc) is 2.35. The van der Waals surface area contributed by atoms with Crippen molar-refractivity contribution in [1.29, 1.82) is 0 Å². The number of aromatic hydroxyl groups is 3. The number of hydrogen-bond acceptors (Lipinski definition) is 3. The fourth-order valence-corrected chi connectivity index (χ4v) is 1.95. The maximum atomic E-state index is 9.74. The highest BCUT2D eigenvalue weighted by molar-refractivity contribution is 5.75. The number of phenols is 3. The molecule has 0 aliphatic heterocycles. The molecule has 0 aliphatic carbocycles. The summed E-state index contributed by atoms with van der Waals surface area (Å²) in [6, 6.07) is 7.38. The Labute approximate surface area is 106 Å². The van der Waals surface area contributed by atoms with Gasteiger partial charge in [0.2, 0.25) is 5.75 Å². The van der Waals surface area contributed by atoms with E-state index in [4.69, 9.17) is 0 Å². The van der Waals surface area contributed by atoms with Crippen molar-refractivity contribution in [2.75, 3.05) is 0 Å². The molecule has 18 heavy (non-hydrogen) atoms. The van der Waals surface area contributed by atoms with Gasteiger partial charge in [-0.05, 0) is 49.1 Å². The minimum absolute atomic E-state index is 0.275. The van der Waals surface area contributed by atoms with Gasteiger partial charge in [0.05, 0.1) is 0 Å². The van der Waals surface area contributed by atoms with Crippen molar-refractivity contribution in [3.8, 4) is 28.4 Å². The second-order valence-corrected chi connectivity index (χ2v) is 4.56. The van der Waals surface area contributed by atoms with Crippen molar-refractivity contribution in [2.45, 2.75) is 20.8 Å². The molecule has 3 N–H and O–H groups in total. The van der Waals surface area contributed by atoms with E-state index in [0.717, 1.165) is 11.1 Å². The molecule has 3 nitrogen and oxygen atoms in total. The molecule has 0 fully saturated rings. The Morgan fingerprint density at radius 2 is 1.44 bits per heavy atom. The maximum absolute atomic E-state index is 9.74. The first-order valence-electron chi connectivity index (χ1n) is 5.74. The van der Waals surface area contributed by atoms with Crippen molar-refractivity contribution in [2.24, 2.45) is 0 Å². The predicted molar refractivity (Wildman–Crippen MR) is 71.1 cm³/mol. The summed E-state index contributed by atoms with van der Waals surface area (Å²) in [5.41, 5.74) is 4.49. The quantitative estimate of drug-likeness (QED) is 0.674. The van der Waals surface area contributed by atoms with Crippen LogP contribution in [0.25, 0.3) is 11.1 Å². The lowest BCUT2D eigenvalue weighted by atomic mass is 9.96. The van der Waals surface area contributed by atoms with Crippen LogP contribution in [0.1, 0.15) is 16.7 Å². The third kappa shape index (κ3) is 1.88. The van der Waals surface area contributed by atoms with Gasteiger partial charge in [-0.2, -0.15) is 0 Å². The molecule has 0 aliphatic rings. The van der Waals surface area contributed by atoms with Gasteiger partial charge in [0.1, 0.15) is 0 Å². The van der Waals surface area contributed by atoms with E-state index < -0.39 is 5.75 Å². The van der Waals surface area contributed by atoms with E-state index in [-0.39, 0.29) is 11.5 Å². The molecule has 0 spiro atoms. The van der Waals surface area contributed by atoms with Gasteiger partial charge >= 0.3 is 0 Å². The van der Waals surface area contributed by atoms with Crippen LogP contribution in [0, 0.1) is 20.8 Å². The van der Waals surface area contributed by atoms with Crippen LogP contribution in [0.3, 0.4) is 0 Å². The van der Waals surface area contributed by atoms with Crippen LogP contribution in [0.5, 0.6) is 17.2 Å². The highest BCUT2D eigenvalue weighted by Crippen LogP contribution is 2.42. The Hall–Kier alpha value is -2.16. The zero-order chi connectivity index (χ0) is 13.4. The topological polar surface area (TPSA) is 60.7 Å². The van der Waals surface area contributed by atoms with Crippen molar-refractivity contribution in [3.05, 3.63) is 41.0 Å². The summed E-state index contributed by atoms with van der Waals surface area (Å²) in [7, 11) is 0. The third-order valence-corrected chi connectivity index (χ3v) is 3.33. The number of hydrogen-bond donors (Lipinski definition) is 3. The number of phenolic OH excluding ortho intramolecular Hbond substituents is 3. The van der Waals surface area contributed by atoms with Gasteiger partial charge in [0.25, 0.3) is 0 Å². The molecule has 0 radical (unpaired) electrons. The lowest BCUT2D eigenvalue weighted by molar-refractivity contribution is 0.366. The smallest absolute Gasteiger partial charge is 0.200 e. The van der Waals surface area contributed by atoms with E-state index in [1.54, 1.807) is 6.92 Å². The minimum atomic E-state index is -0.472. The van der Waals surface area contributed by atoms with Crippen molar-refractivity contribution < 1.29 is 15.3 Å². The van der Waals surface area contributed by atoms with Crippen LogP contribution in [0.4, 0.5) is 0 Å². The Kier molecular flexibility index (Phi) is 2.91. The van der Waals surface area contributed by atoms with Crippen molar-refractivity contribution >= 4 is 0 Å². The zero-order valence-electron chi connectivity index (χ0n) is 10.7. The average molecular weight is 244 g/mol. The Morgan fingerprint density at radius 3 is 2.06 bits per heavy atom. The van der Waals surface area contributed by atoms with E-state index in [1.165, 1.54) is 11.6 Å². The molecule has 0 amide bonds. The highest BCUT2D eigenvalue weighted by Gasteiger charge is 2.14. The molecule has 0 aromatic heterocycles. The summed E-state index contributed by atoms with van der Waals surface area (Å²) < 4.78 is 0. The lowest BCUT2D eigenvalue weighted by Crippen LogP contribution is -1.88. The first-order valence-corrected chi connectivity index (χ1v) is 5.74. The third-order valence-electron chi connectivity index (χ3n) is 3.33. The largest absolute Gasteiger partial charge is 0.504 e. The summed E-state index contributed by atoms with van der Waals surface area (Å²) in [4.78, 5) is 0. The first-order chi connectivity index (χ1) is 8.41. The Morgan fingerprint density at radius 1 is 0.778 bits per heavy atom. The van der Waals surface area contributed by atoms with Gasteiger partial charge in [-0.15, -0.1) is 0 Å². The molecule has 2 aromatic rings. The number of benzene rings is 2. The van der Waals surface area contributed by atoms with Gasteiger partial charge in [0, 0.05) is 5.56 Å². The molecular weight excluding hydrogens is 228 g/mol. The molecule has 2 rings (SSSR count). The molecule has 3 heteroatoms. The SMILES string of the molecule is Cc1ccc(-c2cc(O)c(O)c(O)c2C)cc1C. The van der Waals surface area contributed by atoms with Crippen LogP contribution >= 0.6 is 0 Å². The van der Waals surface area contributed by atoms with Crippen LogP contribution < -0.4 is 0 Å². The molecule has 0 saturated heterocycles. The normalized spacial score (nSPS) is 10.6. The van der Waals surface area contributed by atoms with Crippen LogP contribution in [-0.4, -0.2) is 15.3 Å². The van der Waals surface area contributed by atoms with E-state index in [0.29, 0.717) is 11.1 Å². The fourth-order valence-electron chi connectivity index (χ4n) is 1.95. The van der Waals surface area contributed by atoms with Gasteiger partial charge in [0.15, 0.2) is 11.5 Å². The summed E-state index contributed by atoms with van der Waals surface area (Å²) in [6.07, 6.45) is 0. The summed E-state index contributed by atoms with van der Waals surface area (Å²) in [6.45, 7) is 5.74. The summed E-state index contributed by atoms with van der Waals surface area (Å²) in [5.74, 6) is -1.06. The molecule has 0 heterocycles. The first kappa shape index (κ1) is 12.3. The Balaban J connectivity index is 2.67.